The molecular formula is C15H15ClN2O2. The van der Waals surface area contributed by atoms with Gasteiger partial charge in [0.15, 0.2) is 6.04 Å². The van der Waals surface area contributed by atoms with Crippen LogP contribution in [0, 0.1) is 6.92 Å². The average molecular weight is 291 g/mol. The zero-order valence-corrected chi connectivity index (χ0v) is 12.0. The molecule has 0 saturated heterocycles. The summed E-state index contributed by atoms with van der Waals surface area (Å²) in [4.78, 5) is 16.1. The van der Waals surface area contributed by atoms with E-state index < -0.39 is 6.04 Å². The quantitative estimate of drug-likeness (QED) is 0.877. The van der Waals surface area contributed by atoms with Crippen molar-refractivity contribution in [2.24, 2.45) is 0 Å². The summed E-state index contributed by atoms with van der Waals surface area (Å²) in [6, 6.07) is 10.2. The summed E-state index contributed by atoms with van der Waals surface area (Å²) in [6.07, 6.45) is 1.67. The van der Waals surface area contributed by atoms with Gasteiger partial charge < -0.3 is 10.1 Å². The number of nitrogens with one attached hydrogen (secondary N) is 1. The highest BCUT2D eigenvalue weighted by molar-refractivity contribution is 6.30. The summed E-state index contributed by atoms with van der Waals surface area (Å²) in [6.45, 7) is 1.89. The van der Waals surface area contributed by atoms with Crippen LogP contribution in [0.25, 0.3) is 0 Å². The number of benzene rings is 1. The van der Waals surface area contributed by atoms with Crippen molar-refractivity contribution in [3.05, 3.63) is 58.9 Å². The molecule has 0 saturated carbocycles. The lowest BCUT2D eigenvalue weighted by atomic mass is 10.1. The molecule has 1 aromatic carbocycles. The Morgan fingerprint density at radius 1 is 1.25 bits per heavy atom. The monoisotopic (exact) mass is 290 g/mol. The first-order chi connectivity index (χ1) is 9.60. The molecule has 0 fully saturated rings. The van der Waals surface area contributed by atoms with E-state index in [1.807, 2.05) is 19.1 Å². The fourth-order valence-corrected chi connectivity index (χ4v) is 1.88. The van der Waals surface area contributed by atoms with Gasteiger partial charge in [-0.25, -0.2) is 4.79 Å². The maximum Gasteiger partial charge on any atom is 0.333 e. The second kappa shape index (κ2) is 6.39. The summed E-state index contributed by atoms with van der Waals surface area (Å²) in [5.74, 6) is -0.370. The first kappa shape index (κ1) is 14.3. The van der Waals surface area contributed by atoms with Gasteiger partial charge in [0.25, 0.3) is 0 Å². The van der Waals surface area contributed by atoms with Gasteiger partial charge in [0, 0.05) is 28.2 Å². The summed E-state index contributed by atoms with van der Waals surface area (Å²) in [7, 11) is 1.36. The van der Waals surface area contributed by atoms with Crippen molar-refractivity contribution in [1.29, 1.82) is 0 Å². The van der Waals surface area contributed by atoms with Crippen LogP contribution in [0.2, 0.25) is 5.02 Å². The van der Waals surface area contributed by atoms with Crippen LogP contribution in [0.3, 0.4) is 0 Å². The average Bonchev–Trinajstić information content (AvgIpc) is 2.47. The third-order valence-electron chi connectivity index (χ3n) is 2.86. The zero-order chi connectivity index (χ0) is 14.5. The van der Waals surface area contributed by atoms with E-state index in [0.717, 1.165) is 16.9 Å². The molecule has 0 aliphatic rings. The largest absolute Gasteiger partial charge is 0.467 e. The zero-order valence-electron chi connectivity index (χ0n) is 11.3. The van der Waals surface area contributed by atoms with Crippen LogP contribution >= 0.6 is 11.6 Å². The number of nitrogens with zero attached hydrogens (tertiary/aromatic N) is 1. The molecule has 0 aliphatic heterocycles. The van der Waals surface area contributed by atoms with Crippen molar-refractivity contribution in [3.63, 3.8) is 0 Å². The highest BCUT2D eigenvalue weighted by Crippen LogP contribution is 2.22. The van der Waals surface area contributed by atoms with E-state index in [1.54, 1.807) is 30.5 Å². The number of aromatic nitrogens is 1. The number of hydrogen-bond acceptors (Lipinski definition) is 4. The van der Waals surface area contributed by atoms with Crippen LogP contribution < -0.4 is 5.32 Å². The van der Waals surface area contributed by atoms with Crippen LogP contribution in [0.1, 0.15) is 17.3 Å². The summed E-state index contributed by atoms with van der Waals surface area (Å²) in [5, 5.41) is 3.76. The normalized spacial score (nSPS) is 11.8. The topological polar surface area (TPSA) is 51.2 Å². The van der Waals surface area contributed by atoms with E-state index in [-0.39, 0.29) is 5.97 Å². The van der Waals surface area contributed by atoms with Gasteiger partial charge in [-0.05, 0) is 37.3 Å². The van der Waals surface area contributed by atoms with Crippen molar-refractivity contribution >= 4 is 23.3 Å². The molecule has 0 bridgehead atoms. The lowest BCUT2D eigenvalue weighted by molar-refractivity contribution is -0.141. The molecule has 1 heterocycles. The molecule has 104 valence electrons. The fraction of sp³-hybridized carbons (Fsp3) is 0.200. The highest BCUT2D eigenvalue weighted by Gasteiger charge is 2.21. The van der Waals surface area contributed by atoms with Crippen molar-refractivity contribution in [2.75, 3.05) is 12.4 Å². The third-order valence-corrected chi connectivity index (χ3v) is 3.11. The van der Waals surface area contributed by atoms with Crippen molar-refractivity contribution < 1.29 is 9.53 Å². The predicted octanol–water partition coefficient (Wildman–Crippen LogP) is 3.37. The van der Waals surface area contributed by atoms with E-state index in [9.17, 15) is 4.79 Å². The van der Waals surface area contributed by atoms with Gasteiger partial charge in [-0.15, -0.1) is 0 Å². The van der Waals surface area contributed by atoms with Gasteiger partial charge in [-0.3, -0.25) is 4.98 Å². The van der Waals surface area contributed by atoms with Gasteiger partial charge in [0.2, 0.25) is 0 Å². The van der Waals surface area contributed by atoms with Gasteiger partial charge in [-0.1, -0.05) is 17.7 Å². The molecular weight excluding hydrogens is 276 g/mol. The number of carbonyl (C=O) groups is 1. The standard InChI is InChI=1S/C15H15ClN2O2/c1-10-3-4-11(9-17-10)14(15(19)20-2)18-13-7-5-12(16)6-8-13/h3-9,14,18H,1-2H3. The van der Waals surface area contributed by atoms with Gasteiger partial charge in [0.1, 0.15) is 0 Å². The Bertz CT molecular complexity index is 582. The maximum atomic E-state index is 11.9. The van der Waals surface area contributed by atoms with E-state index in [2.05, 4.69) is 10.3 Å². The molecule has 0 amide bonds. The highest BCUT2D eigenvalue weighted by atomic mass is 35.5. The van der Waals surface area contributed by atoms with Crippen LogP contribution in [-0.4, -0.2) is 18.1 Å². The second-order valence-electron chi connectivity index (χ2n) is 4.34. The Balaban J connectivity index is 2.26. The molecule has 20 heavy (non-hydrogen) atoms. The lowest BCUT2D eigenvalue weighted by Gasteiger charge is -2.18. The van der Waals surface area contributed by atoms with Crippen molar-refractivity contribution in [1.82, 2.24) is 4.98 Å². The fourth-order valence-electron chi connectivity index (χ4n) is 1.76. The number of esters is 1. The molecule has 5 heteroatoms. The van der Waals surface area contributed by atoms with Gasteiger partial charge in [0.05, 0.1) is 7.11 Å². The minimum absolute atomic E-state index is 0.370. The number of methoxy groups -OCH3 is 1. The number of pyridine rings is 1. The number of rotatable bonds is 4. The summed E-state index contributed by atoms with van der Waals surface area (Å²) >= 11 is 5.84. The number of halogens is 1. The maximum absolute atomic E-state index is 11.9. The Labute approximate surface area is 122 Å². The molecule has 4 nitrogen and oxygen atoms in total. The molecule has 1 N–H and O–H groups in total. The number of aryl methyl sites for hydroxylation is 1. The first-order valence-corrected chi connectivity index (χ1v) is 6.50. The lowest BCUT2D eigenvalue weighted by Crippen LogP contribution is -2.22. The molecule has 2 rings (SSSR count). The predicted molar refractivity (Wildman–Crippen MR) is 78.8 cm³/mol. The second-order valence-corrected chi connectivity index (χ2v) is 4.78. The van der Waals surface area contributed by atoms with Crippen molar-refractivity contribution in [3.8, 4) is 0 Å². The Morgan fingerprint density at radius 3 is 2.50 bits per heavy atom. The van der Waals surface area contributed by atoms with Crippen LogP contribution in [-0.2, 0) is 9.53 Å². The summed E-state index contributed by atoms with van der Waals surface area (Å²) in [5.41, 5.74) is 2.42. The molecule has 1 atom stereocenters. The smallest absolute Gasteiger partial charge is 0.333 e. The van der Waals surface area contributed by atoms with E-state index in [4.69, 9.17) is 16.3 Å². The minimum Gasteiger partial charge on any atom is -0.467 e. The number of carbonyl (C=O) groups excluding carboxylic acids is 1. The van der Waals surface area contributed by atoms with Gasteiger partial charge >= 0.3 is 5.97 Å². The molecule has 0 spiro atoms. The Hall–Kier alpha value is -2.07. The molecule has 1 aromatic heterocycles. The number of anilines is 1. The number of hydrogen-bond donors (Lipinski definition) is 1. The molecule has 0 radical (unpaired) electrons. The third kappa shape index (κ3) is 3.48. The van der Waals surface area contributed by atoms with E-state index in [1.165, 1.54) is 7.11 Å². The van der Waals surface area contributed by atoms with Gasteiger partial charge in [-0.2, -0.15) is 0 Å². The van der Waals surface area contributed by atoms with Crippen molar-refractivity contribution in [2.45, 2.75) is 13.0 Å². The van der Waals surface area contributed by atoms with Crippen LogP contribution in [0.4, 0.5) is 5.69 Å². The van der Waals surface area contributed by atoms with E-state index >= 15 is 0 Å². The first-order valence-electron chi connectivity index (χ1n) is 6.12. The molecule has 1 unspecified atom stereocenters. The Morgan fingerprint density at radius 2 is 1.95 bits per heavy atom. The Kier molecular flexibility index (Phi) is 4.58. The SMILES string of the molecule is COC(=O)C(Nc1ccc(Cl)cc1)c1ccc(C)nc1. The number of ether oxygens (including phenoxy) is 1. The van der Waals surface area contributed by atoms with Crippen LogP contribution in [0.5, 0.6) is 0 Å². The summed E-state index contributed by atoms with van der Waals surface area (Å²) < 4.78 is 4.84. The molecule has 2 aromatic rings. The molecule has 0 aliphatic carbocycles. The van der Waals surface area contributed by atoms with Crippen LogP contribution in [0.15, 0.2) is 42.6 Å². The van der Waals surface area contributed by atoms with E-state index in [0.29, 0.717) is 5.02 Å². The minimum atomic E-state index is -0.603.